The van der Waals surface area contributed by atoms with Crippen molar-refractivity contribution in [2.45, 2.75) is 38.8 Å². The number of anilines is 1. The molecule has 1 aliphatic rings. The molecule has 0 bridgehead atoms. The van der Waals surface area contributed by atoms with Gasteiger partial charge >= 0.3 is 0 Å². The minimum atomic E-state index is -0.234. The normalized spacial score (nSPS) is 18.5. The van der Waals surface area contributed by atoms with Gasteiger partial charge in [-0.2, -0.15) is 0 Å². The number of thiocarbonyl (C=S) groups is 1. The van der Waals surface area contributed by atoms with E-state index in [-0.39, 0.29) is 11.6 Å². The summed E-state index contributed by atoms with van der Waals surface area (Å²) in [6.07, 6.45) is 2.60. The molecule has 2 aromatic rings. The average molecular weight is 327 g/mol. The summed E-state index contributed by atoms with van der Waals surface area (Å²) in [6.45, 7) is 6.19. The second kappa shape index (κ2) is 6.16. The largest absolute Gasteiger partial charge is 0.487 e. The van der Waals surface area contributed by atoms with Crippen LogP contribution in [0.3, 0.4) is 0 Å². The molecule has 0 spiro atoms. The molecule has 0 saturated heterocycles. The van der Waals surface area contributed by atoms with E-state index in [1.54, 1.807) is 6.20 Å². The van der Waals surface area contributed by atoms with E-state index in [0.717, 1.165) is 29.1 Å². The Labute approximate surface area is 142 Å². The highest BCUT2D eigenvalue weighted by Gasteiger charge is 2.33. The highest BCUT2D eigenvalue weighted by atomic mass is 32.1. The molecule has 2 heterocycles. The molecule has 0 aliphatic carbocycles. The second-order valence-electron chi connectivity index (χ2n) is 6.42. The molecule has 0 radical (unpaired) electrons. The lowest BCUT2D eigenvalue weighted by molar-refractivity contribution is 0.0697. The zero-order valence-corrected chi connectivity index (χ0v) is 14.4. The summed E-state index contributed by atoms with van der Waals surface area (Å²) in [5.74, 6) is 1.70. The Kier molecular flexibility index (Phi) is 4.22. The van der Waals surface area contributed by atoms with Crippen LogP contribution in [0.5, 0.6) is 5.75 Å². The number of rotatable bonds is 2. The predicted molar refractivity (Wildman–Crippen MR) is 96.8 cm³/mol. The van der Waals surface area contributed by atoms with Crippen LogP contribution in [0.25, 0.3) is 0 Å². The van der Waals surface area contributed by atoms with E-state index >= 15 is 0 Å². The van der Waals surface area contributed by atoms with Crippen molar-refractivity contribution in [2.24, 2.45) is 0 Å². The standard InChI is InChI=1S/C18H21N3OS/c1-12-7-6-10-19-16(12)21-17(23)20-14-11-18(2,3)22-15-9-5-4-8-13(14)15/h4-10,14H,11H2,1-3H3,(H2,19,20,21,23)/t14-/m1/s1. The smallest absolute Gasteiger partial charge is 0.172 e. The number of hydrogen-bond acceptors (Lipinski definition) is 3. The van der Waals surface area contributed by atoms with Gasteiger partial charge in [0.15, 0.2) is 5.11 Å². The van der Waals surface area contributed by atoms with Crippen LogP contribution in [0.15, 0.2) is 42.6 Å². The van der Waals surface area contributed by atoms with E-state index in [1.807, 2.05) is 37.3 Å². The van der Waals surface area contributed by atoms with Gasteiger partial charge in [0.25, 0.3) is 0 Å². The minimum absolute atomic E-state index is 0.110. The van der Waals surface area contributed by atoms with Crippen molar-refractivity contribution in [3.05, 3.63) is 53.7 Å². The van der Waals surface area contributed by atoms with Crippen molar-refractivity contribution < 1.29 is 4.74 Å². The average Bonchev–Trinajstić information content (AvgIpc) is 2.48. The van der Waals surface area contributed by atoms with Crippen LogP contribution in [0.2, 0.25) is 0 Å². The fourth-order valence-corrected chi connectivity index (χ4v) is 3.09. The fraction of sp³-hybridized carbons (Fsp3) is 0.333. The summed E-state index contributed by atoms with van der Waals surface area (Å²) in [7, 11) is 0. The van der Waals surface area contributed by atoms with E-state index in [4.69, 9.17) is 17.0 Å². The van der Waals surface area contributed by atoms with E-state index in [2.05, 4.69) is 35.5 Å². The third-order valence-electron chi connectivity index (χ3n) is 3.92. The Balaban J connectivity index is 1.77. The summed E-state index contributed by atoms with van der Waals surface area (Å²) < 4.78 is 6.05. The van der Waals surface area contributed by atoms with Crippen LogP contribution in [-0.2, 0) is 0 Å². The van der Waals surface area contributed by atoms with Crippen LogP contribution in [0, 0.1) is 6.92 Å². The maximum Gasteiger partial charge on any atom is 0.172 e. The lowest BCUT2D eigenvalue weighted by Gasteiger charge is -2.38. The summed E-state index contributed by atoms with van der Waals surface area (Å²) in [4.78, 5) is 4.32. The number of para-hydroxylation sites is 1. The number of ether oxygens (including phenoxy) is 1. The Morgan fingerprint density at radius 2 is 2.04 bits per heavy atom. The van der Waals surface area contributed by atoms with Crippen molar-refractivity contribution >= 4 is 23.1 Å². The fourth-order valence-electron chi connectivity index (χ4n) is 2.85. The molecule has 120 valence electrons. The van der Waals surface area contributed by atoms with Gasteiger partial charge in [0, 0.05) is 18.2 Å². The third-order valence-corrected chi connectivity index (χ3v) is 4.14. The topological polar surface area (TPSA) is 46.2 Å². The van der Waals surface area contributed by atoms with Crippen LogP contribution >= 0.6 is 12.2 Å². The molecule has 1 aromatic heterocycles. The molecule has 0 fully saturated rings. The first-order valence-corrected chi connectivity index (χ1v) is 8.12. The molecular weight excluding hydrogens is 306 g/mol. The van der Waals surface area contributed by atoms with Gasteiger partial charge in [0.2, 0.25) is 0 Å². The van der Waals surface area contributed by atoms with Gasteiger partial charge in [-0.05, 0) is 50.7 Å². The van der Waals surface area contributed by atoms with Crippen LogP contribution in [-0.4, -0.2) is 15.7 Å². The Morgan fingerprint density at radius 1 is 1.26 bits per heavy atom. The molecule has 1 atom stereocenters. The number of aromatic nitrogens is 1. The number of nitrogens with zero attached hydrogens (tertiary/aromatic N) is 1. The highest BCUT2D eigenvalue weighted by Crippen LogP contribution is 2.39. The van der Waals surface area contributed by atoms with Crippen LogP contribution < -0.4 is 15.4 Å². The van der Waals surface area contributed by atoms with Crippen molar-refractivity contribution in [1.82, 2.24) is 10.3 Å². The first-order valence-electron chi connectivity index (χ1n) is 7.72. The van der Waals surface area contributed by atoms with Gasteiger partial charge in [0.05, 0.1) is 6.04 Å². The Hall–Kier alpha value is -2.14. The number of hydrogen-bond donors (Lipinski definition) is 2. The van der Waals surface area contributed by atoms with Gasteiger partial charge in [-0.25, -0.2) is 4.98 Å². The predicted octanol–water partition coefficient (Wildman–Crippen LogP) is 3.98. The molecule has 1 aromatic carbocycles. The summed E-state index contributed by atoms with van der Waals surface area (Å²) in [5.41, 5.74) is 1.96. The number of aryl methyl sites for hydroxylation is 1. The lowest BCUT2D eigenvalue weighted by Crippen LogP contribution is -2.42. The molecule has 5 heteroatoms. The Bertz CT molecular complexity index is 730. The highest BCUT2D eigenvalue weighted by molar-refractivity contribution is 7.80. The molecule has 0 amide bonds. The summed E-state index contributed by atoms with van der Waals surface area (Å²) in [6, 6.07) is 12.1. The lowest BCUT2D eigenvalue weighted by atomic mass is 9.90. The summed E-state index contributed by atoms with van der Waals surface area (Å²) >= 11 is 5.48. The molecule has 3 rings (SSSR count). The molecule has 23 heavy (non-hydrogen) atoms. The number of fused-ring (bicyclic) bond motifs is 1. The zero-order valence-electron chi connectivity index (χ0n) is 13.6. The van der Waals surface area contributed by atoms with Gasteiger partial charge in [-0.1, -0.05) is 24.3 Å². The zero-order chi connectivity index (χ0) is 16.4. The van der Waals surface area contributed by atoms with Crippen molar-refractivity contribution in [2.75, 3.05) is 5.32 Å². The van der Waals surface area contributed by atoms with Crippen LogP contribution in [0.4, 0.5) is 5.82 Å². The molecule has 0 saturated carbocycles. The third kappa shape index (κ3) is 3.62. The van der Waals surface area contributed by atoms with Gasteiger partial charge in [-0.15, -0.1) is 0 Å². The molecule has 4 nitrogen and oxygen atoms in total. The number of pyridine rings is 1. The van der Waals surface area contributed by atoms with E-state index in [9.17, 15) is 0 Å². The van der Waals surface area contributed by atoms with Crippen molar-refractivity contribution in [1.29, 1.82) is 0 Å². The minimum Gasteiger partial charge on any atom is -0.487 e. The quantitative estimate of drug-likeness (QED) is 0.817. The maximum atomic E-state index is 6.05. The number of benzene rings is 1. The van der Waals surface area contributed by atoms with Crippen molar-refractivity contribution in [3.63, 3.8) is 0 Å². The monoisotopic (exact) mass is 327 g/mol. The number of nitrogens with one attached hydrogen (secondary N) is 2. The van der Waals surface area contributed by atoms with E-state index in [0.29, 0.717) is 5.11 Å². The molecule has 0 unspecified atom stereocenters. The van der Waals surface area contributed by atoms with Gasteiger partial charge in [0.1, 0.15) is 17.2 Å². The molecule has 2 N–H and O–H groups in total. The molecule has 1 aliphatic heterocycles. The van der Waals surface area contributed by atoms with E-state index in [1.165, 1.54) is 0 Å². The van der Waals surface area contributed by atoms with Gasteiger partial charge in [-0.3, -0.25) is 0 Å². The first-order chi connectivity index (χ1) is 10.9. The van der Waals surface area contributed by atoms with Crippen molar-refractivity contribution in [3.8, 4) is 5.75 Å². The molecular formula is C18H21N3OS. The maximum absolute atomic E-state index is 6.05. The SMILES string of the molecule is Cc1cccnc1NC(=S)N[C@@H]1CC(C)(C)Oc2ccccc21. The second-order valence-corrected chi connectivity index (χ2v) is 6.83. The van der Waals surface area contributed by atoms with E-state index < -0.39 is 0 Å². The first kappa shape index (κ1) is 15.7. The Morgan fingerprint density at radius 3 is 2.83 bits per heavy atom. The van der Waals surface area contributed by atoms with Crippen LogP contribution in [0.1, 0.15) is 37.4 Å². The summed E-state index contributed by atoms with van der Waals surface area (Å²) in [5, 5.41) is 7.16. The van der Waals surface area contributed by atoms with Gasteiger partial charge < -0.3 is 15.4 Å².